The van der Waals surface area contributed by atoms with E-state index >= 15 is 0 Å². The standard InChI is InChI=1S/C8H17O7P/c1-2-3-4-8(10)14-5-7(9)6-15-16(11,12)13/h7,9H,2-6H2,1H3,(H2,11,12,13)/t7-/m1/s1. The van der Waals surface area contributed by atoms with E-state index in [1.807, 2.05) is 6.92 Å². The van der Waals surface area contributed by atoms with Crippen molar-refractivity contribution >= 4 is 13.8 Å². The van der Waals surface area contributed by atoms with E-state index in [1.54, 1.807) is 0 Å². The van der Waals surface area contributed by atoms with Gasteiger partial charge in [-0.05, 0) is 6.42 Å². The summed E-state index contributed by atoms with van der Waals surface area (Å²) >= 11 is 0. The molecular weight excluding hydrogens is 239 g/mol. The second-order valence-corrected chi connectivity index (χ2v) is 4.47. The first-order chi connectivity index (χ1) is 7.35. The van der Waals surface area contributed by atoms with Crippen LogP contribution in [0, 0.1) is 0 Å². The van der Waals surface area contributed by atoms with Crippen molar-refractivity contribution < 1.29 is 33.5 Å². The van der Waals surface area contributed by atoms with E-state index in [2.05, 4.69) is 9.26 Å². The van der Waals surface area contributed by atoms with Crippen molar-refractivity contribution in [2.45, 2.75) is 32.3 Å². The maximum Gasteiger partial charge on any atom is 0.469 e. The van der Waals surface area contributed by atoms with E-state index in [0.717, 1.165) is 6.42 Å². The summed E-state index contributed by atoms with van der Waals surface area (Å²) in [5.74, 6) is -0.447. The Bertz CT molecular complexity index is 249. The van der Waals surface area contributed by atoms with E-state index in [1.165, 1.54) is 0 Å². The molecule has 96 valence electrons. The number of esters is 1. The van der Waals surface area contributed by atoms with Gasteiger partial charge in [-0.3, -0.25) is 9.32 Å². The molecular formula is C8H17O7P. The molecule has 0 rings (SSSR count). The van der Waals surface area contributed by atoms with Crippen LogP contribution in [0.2, 0.25) is 0 Å². The predicted molar refractivity (Wildman–Crippen MR) is 54.5 cm³/mol. The summed E-state index contributed by atoms with van der Waals surface area (Å²) in [7, 11) is -4.59. The lowest BCUT2D eigenvalue weighted by Crippen LogP contribution is -2.23. The molecule has 0 aliphatic heterocycles. The molecule has 0 aliphatic rings. The first-order valence-electron chi connectivity index (χ1n) is 4.89. The lowest BCUT2D eigenvalue weighted by molar-refractivity contribution is -0.147. The largest absolute Gasteiger partial charge is 0.469 e. The lowest BCUT2D eigenvalue weighted by Gasteiger charge is -2.12. The van der Waals surface area contributed by atoms with Crippen LogP contribution in [-0.2, 0) is 18.6 Å². The number of aliphatic hydroxyl groups is 1. The molecule has 8 heteroatoms. The van der Waals surface area contributed by atoms with Gasteiger partial charge in [-0.15, -0.1) is 0 Å². The van der Waals surface area contributed by atoms with Crippen LogP contribution in [0.4, 0.5) is 0 Å². The highest BCUT2D eigenvalue weighted by Crippen LogP contribution is 2.35. The number of ether oxygens (including phenoxy) is 1. The monoisotopic (exact) mass is 256 g/mol. The van der Waals surface area contributed by atoms with Gasteiger partial charge in [-0.1, -0.05) is 13.3 Å². The quantitative estimate of drug-likeness (QED) is 0.419. The van der Waals surface area contributed by atoms with Gasteiger partial charge < -0.3 is 19.6 Å². The third-order valence-corrected chi connectivity index (χ3v) is 2.09. The van der Waals surface area contributed by atoms with Gasteiger partial charge in [0.1, 0.15) is 12.7 Å². The fraction of sp³-hybridized carbons (Fsp3) is 0.875. The smallest absolute Gasteiger partial charge is 0.463 e. The normalized spacial score (nSPS) is 13.5. The Kier molecular flexibility index (Phi) is 7.53. The number of unbranched alkanes of at least 4 members (excludes halogenated alkanes) is 1. The number of phosphoric ester groups is 1. The number of carbonyl (C=O) groups excluding carboxylic acids is 1. The number of carbonyl (C=O) groups is 1. The molecule has 0 aromatic carbocycles. The molecule has 0 radical (unpaired) electrons. The topological polar surface area (TPSA) is 113 Å². The van der Waals surface area contributed by atoms with Crippen LogP contribution in [0.15, 0.2) is 0 Å². The number of hydrogen-bond acceptors (Lipinski definition) is 5. The van der Waals surface area contributed by atoms with Gasteiger partial charge in [0.05, 0.1) is 6.61 Å². The van der Waals surface area contributed by atoms with Crippen LogP contribution in [0.25, 0.3) is 0 Å². The Morgan fingerprint density at radius 2 is 2.00 bits per heavy atom. The molecule has 0 saturated heterocycles. The molecule has 0 spiro atoms. The third kappa shape index (κ3) is 10.1. The van der Waals surface area contributed by atoms with Crippen LogP contribution in [0.1, 0.15) is 26.2 Å². The fourth-order valence-electron chi connectivity index (χ4n) is 0.814. The zero-order chi connectivity index (χ0) is 12.6. The molecule has 0 heterocycles. The number of phosphoric acid groups is 1. The Morgan fingerprint density at radius 3 is 2.50 bits per heavy atom. The van der Waals surface area contributed by atoms with Gasteiger partial charge in [-0.25, -0.2) is 4.57 Å². The first kappa shape index (κ1) is 15.5. The first-order valence-corrected chi connectivity index (χ1v) is 6.42. The molecule has 0 bridgehead atoms. The van der Waals surface area contributed by atoms with Gasteiger partial charge in [0.2, 0.25) is 0 Å². The molecule has 0 aromatic heterocycles. The number of hydrogen-bond donors (Lipinski definition) is 3. The zero-order valence-corrected chi connectivity index (χ0v) is 9.93. The second kappa shape index (κ2) is 7.76. The summed E-state index contributed by atoms with van der Waals surface area (Å²) in [5, 5.41) is 9.14. The molecule has 16 heavy (non-hydrogen) atoms. The van der Waals surface area contributed by atoms with Crippen LogP contribution < -0.4 is 0 Å². The van der Waals surface area contributed by atoms with Crippen LogP contribution in [-0.4, -0.2) is 40.2 Å². The van der Waals surface area contributed by atoms with Crippen molar-refractivity contribution in [3.05, 3.63) is 0 Å². The van der Waals surface area contributed by atoms with Gasteiger partial charge in [-0.2, -0.15) is 0 Å². The molecule has 7 nitrogen and oxygen atoms in total. The predicted octanol–water partition coefficient (Wildman–Crippen LogP) is 0.190. The summed E-state index contributed by atoms with van der Waals surface area (Å²) in [6.07, 6.45) is 0.591. The minimum Gasteiger partial charge on any atom is -0.463 e. The van der Waals surface area contributed by atoms with Gasteiger partial charge in [0.25, 0.3) is 0 Å². The molecule has 1 atom stereocenters. The van der Waals surface area contributed by atoms with Crippen molar-refractivity contribution in [2.24, 2.45) is 0 Å². The SMILES string of the molecule is CCCCC(=O)OC[C@@H](O)COP(=O)(O)O. The summed E-state index contributed by atoms with van der Waals surface area (Å²) in [4.78, 5) is 27.6. The van der Waals surface area contributed by atoms with Crippen molar-refractivity contribution in [1.82, 2.24) is 0 Å². The molecule has 0 aliphatic carbocycles. The Morgan fingerprint density at radius 1 is 1.38 bits per heavy atom. The Labute approximate surface area is 93.6 Å². The van der Waals surface area contributed by atoms with Gasteiger partial charge >= 0.3 is 13.8 Å². The highest BCUT2D eigenvalue weighted by Gasteiger charge is 2.17. The van der Waals surface area contributed by atoms with E-state index < -0.39 is 26.5 Å². The van der Waals surface area contributed by atoms with E-state index in [-0.39, 0.29) is 13.0 Å². The second-order valence-electron chi connectivity index (χ2n) is 3.23. The fourth-order valence-corrected chi connectivity index (χ4v) is 1.18. The maximum atomic E-state index is 11.0. The lowest BCUT2D eigenvalue weighted by atomic mass is 10.2. The zero-order valence-electron chi connectivity index (χ0n) is 9.03. The number of rotatable bonds is 8. The summed E-state index contributed by atoms with van der Waals surface area (Å²) in [5.41, 5.74) is 0. The Hall–Kier alpha value is -0.460. The highest BCUT2D eigenvalue weighted by molar-refractivity contribution is 7.46. The molecule has 0 saturated carbocycles. The minimum atomic E-state index is -4.59. The highest BCUT2D eigenvalue weighted by atomic mass is 31.2. The van der Waals surface area contributed by atoms with Gasteiger partial charge in [0, 0.05) is 6.42 Å². The summed E-state index contributed by atoms with van der Waals surface area (Å²) in [6, 6.07) is 0. The minimum absolute atomic E-state index is 0.266. The average molecular weight is 256 g/mol. The van der Waals surface area contributed by atoms with Crippen LogP contribution in [0.3, 0.4) is 0 Å². The van der Waals surface area contributed by atoms with Gasteiger partial charge in [0.15, 0.2) is 0 Å². The van der Waals surface area contributed by atoms with Crippen molar-refractivity contribution in [1.29, 1.82) is 0 Å². The van der Waals surface area contributed by atoms with Crippen molar-refractivity contribution in [3.8, 4) is 0 Å². The molecule has 0 aromatic rings. The summed E-state index contributed by atoms with van der Waals surface area (Å²) in [6.45, 7) is 1.02. The van der Waals surface area contributed by atoms with E-state index in [0.29, 0.717) is 6.42 Å². The molecule has 0 amide bonds. The average Bonchev–Trinajstić information content (AvgIpc) is 2.19. The summed E-state index contributed by atoms with van der Waals surface area (Å²) < 4.78 is 18.9. The maximum absolute atomic E-state index is 11.0. The van der Waals surface area contributed by atoms with Crippen LogP contribution >= 0.6 is 7.82 Å². The van der Waals surface area contributed by atoms with Crippen LogP contribution in [0.5, 0.6) is 0 Å². The van der Waals surface area contributed by atoms with Crippen molar-refractivity contribution in [2.75, 3.05) is 13.2 Å². The Balaban J connectivity index is 3.61. The third-order valence-electron chi connectivity index (χ3n) is 1.61. The van der Waals surface area contributed by atoms with Crippen molar-refractivity contribution in [3.63, 3.8) is 0 Å². The van der Waals surface area contributed by atoms with E-state index in [4.69, 9.17) is 14.9 Å². The van der Waals surface area contributed by atoms with E-state index in [9.17, 15) is 9.36 Å². The molecule has 0 unspecified atom stereocenters. The molecule has 3 N–H and O–H groups in total. The number of aliphatic hydroxyl groups excluding tert-OH is 1. The molecule has 0 fully saturated rings.